The first-order valence-electron chi connectivity index (χ1n) is 6.22. The number of hydrogen-bond donors (Lipinski definition) is 0. The summed E-state index contributed by atoms with van der Waals surface area (Å²) >= 11 is 5.73. The third-order valence-electron chi connectivity index (χ3n) is 2.84. The van der Waals surface area contributed by atoms with Gasteiger partial charge in [0, 0.05) is 17.2 Å². The smallest absolute Gasteiger partial charge is 0.338 e. The Bertz CT molecular complexity index is 743. The zero-order valence-electron chi connectivity index (χ0n) is 11.5. The maximum absolute atomic E-state index is 11.9. The van der Waals surface area contributed by atoms with Gasteiger partial charge in [0.2, 0.25) is 0 Å². The van der Waals surface area contributed by atoms with Crippen molar-refractivity contribution >= 4 is 28.9 Å². The van der Waals surface area contributed by atoms with E-state index in [0.29, 0.717) is 10.6 Å². The summed E-state index contributed by atoms with van der Waals surface area (Å²) in [5, 5.41) is 22.1. The SMILES string of the molecule is O=C(OCc1ccc(Cl)cc1)c1cc([N+](=O)[O-])cc([N+](=O)[O-])c1. The summed E-state index contributed by atoms with van der Waals surface area (Å²) in [6.07, 6.45) is 0. The van der Waals surface area contributed by atoms with Gasteiger partial charge in [-0.1, -0.05) is 23.7 Å². The molecular formula is C14H9ClN2O6. The fraction of sp³-hybridized carbons (Fsp3) is 0.0714. The van der Waals surface area contributed by atoms with E-state index in [4.69, 9.17) is 16.3 Å². The number of ether oxygens (including phenoxy) is 1. The molecule has 0 spiro atoms. The molecule has 0 radical (unpaired) electrons. The van der Waals surface area contributed by atoms with Gasteiger partial charge in [0.15, 0.2) is 0 Å². The molecule has 2 aromatic carbocycles. The Balaban J connectivity index is 2.19. The van der Waals surface area contributed by atoms with Gasteiger partial charge in [-0.25, -0.2) is 4.79 Å². The Morgan fingerprint density at radius 3 is 2.00 bits per heavy atom. The molecule has 2 rings (SSSR count). The van der Waals surface area contributed by atoms with Crippen molar-refractivity contribution in [2.45, 2.75) is 6.61 Å². The molecule has 9 heteroatoms. The van der Waals surface area contributed by atoms with Crippen molar-refractivity contribution < 1.29 is 19.4 Å². The number of halogens is 1. The van der Waals surface area contributed by atoms with E-state index >= 15 is 0 Å². The summed E-state index contributed by atoms with van der Waals surface area (Å²) in [7, 11) is 0. The normalized spacial score (nSPS) is 10.1. The predicted octanol–water partition coefficient (Wildman–Crippen LogP) is 3.51. The highest BCUT2D eigenvalue weighted by Gasteiger charge is 2.20. The van der Waals surface area contributed by atoms with E-state index in [1.807, 2.05) is 0 Å². The van der Waals surface area contributed by atoms with Crippen LogP contribution >= 0.6 is 11.6 Å². The lowest BCUT2D eigenvalue weighted by atomic mass is 10.1. The molecule has 0 saturated heterocycles. The third-order valence-corrected chi connectivity index (χ3v) is 3.10. The van der Waals surface area contributed by atoms with E-state index in [1.165, 1.54) is 0 Å². The number of hydrogen-bond acceptors (Lipinski definition) is 6. The van der Waals surface area contributed by atoms with Crippen molar-refractivity contribution in [2.75, 3.05) is 0 Å². The molecule has 118 valence electrons. The molecule has 0 bridgehead atoms. The van der Waals surface area contributed by atoms with E-state index in [9.17, 15) is 25.0 Å². The van der Waals surface area contributed by atoms with Crippen LogP contribution in [0.2, 0.25) is 5.02 Å². The Hall–Kier alpha value is -3.00. The first-order chi connectivity index (χ1) is 10.9. The molecule has 23 heavy (non-hydrogen) atoms. The Morgan fingerprint density at radius 2 is 1.52 bits per heavy atom. The van der Waals surface area contributed by atoms with Crippen molar-refractivity contribution in [1.29, 1.82) is 0 Å². The van der Waals surface area contributed by atoms with Crippen molar-refractivity contribution in [2.24, 2.45) is 0 Å². The van der Waals surface area contributed by atoms with E-state index < -0.39 is 27.2 Å². The number of nitro benzene ring substituents is 2. The molecule has 0 fully saturated rings. The Morgan fingerprint density at radius 1 is 1.00 bits per heavy atom. The molecule has 0 saturated carbocycles. The van der Waals surface area contributed by atoms with Gasteiger partial charge in [-0.05, 0) is 17.7 Å². The zero-order valence-corrected chi connectivity index (χ0v) is 12.2. The van der Waals surface area contributed by atoms with E-state index in [0.717, 1.165) is 18.2 Å². The lowest BCUT2D eigenvalue weighted by Crippen LogP contribution is -2.07. The summed E-state index contributed by atoms with van der Waals surface area (Å²) in [4.78, 5) is 31.9. The third kappa shape index (κ3) is 4.24. The summed E-state index contributed by atoms with van der Waals surface area (Å²) in [5.74, 6) is -0.897. The fourth-order valence-corrected chi connectivity index (χ4v) is 1.86. The van der Waals surface area contributed by atoms with Gasteiger partial charge in [-0.15, -0.1) is 0 Å². The molecule has 0 aliphatic heterocycles. The fourth-order valence-electron chi connectivity index (χ4n) is 1.74. The van der Waals surface area contributed by atoms with Crippen LogP contribution in [0.4, 0.5) is 11.4 Å². The molecule has 0 heterocycles. The molecule has 0 aliphatic rings. The van der Waals surface area contributed by atoms with Crippen LogP contribution in [0.15, 0.2) is 42.5 Å². The van der Waals surface area contributed by atoms with Gasteiger partial charge in [0.05, 0.1) is 21.5 Å². The number of benzene rings is 2. The highest BCUT2D eigenvalue weighted by molar-refractivity contribution is 6.30. The second-order valence-corrected chi connectivity index (χ2v) is 4.89. The molecule has 0 atom stereocenters. The van der Waals surface area contributed by atoms with Crippen LogP contribution in [0.3, 0.4) is 0 Å². The van der Waals surface area contributed by atoms with Gasteiger partial charge in [0.25, 0.3) is 11.4 Å². The van der Waals surface area contributed by atoms with E-state index in [1.54, 1.807) is 24.3 Å². The summed E-state index contributed by atoms with van der Waals surface area (Å²) in [6.45, 7) is -0.0908. The van der Waals surface area contributed by atoms with Gasteiger partial charge in [-0.3, -0.25) is 20.2 Å². The average Bonchev–Trinajstić information content (AvgIpc) is 2.53. The van der Waals surface area contributed by atoms with E-state index in [2.05, 4.69) is 0 Å². The minimum Gasteiger partial charge on any atom is -0.457 e. The number of non-ortho nitro benzene ring substituents is 2. The topological polar surface area (TPSA) is 113 Å². The second-order valence-electron chi connectivity index (χ2n) is 4.45. The minimum atomic E-state index is -0.897. The highest BCUT2D eigenvalue weighted by atomic mass is 35.5. The molecule has 0 unspecified atom stereocenters. The van der Waals surface area contributed by atoms with Crippen LogP contribution < -0.4 is 0 Å². The van der Waals surface area contributed by atoms with Crippen LogP contribution in [-0.2, 0) is 11.3 Å². The van der Waals surface area contributed by atoms with Crippen molar-refractivity contribution in [3.63, 3.8) is 0 Å². The van der Waals surface area contributed by atoms with Gasteiger partial charge in [-0.2, -0.15) is 0 Å². The molecule has 0 N–H and O–H groups in total. The molecule has 0 aliphatic carbocycles. The number of nitro groups is 2. The predicted molar refractivity (Wildman–Crippen MR) is 80.3 cm³/mol. The van der Waals surface area contributed by atoms with E-state index in [-0.39, 0.29) is 12.2 Å². The van der Waals surface area contributed by atoms with Gasteiger partial charge in [0.1, 0.15) is 6.61 Å². The average molecular weight is 337 g/mol. The molecule has 0 amide bonds. The maximum atomic E-state index is 11.9. The van der Waals surface area contributed by atoms with Crippen LogP contribution in [-0.4, -0.2) is 15.8 Å². The number of esters is 1. The van der Waals surface area contributed by atoms with Crippen LogP contribution in [0, 0.1) is 20.2 Å². The molecular weight excluding hydrogens is 328 g/mol. The lowest BCUT2D eigenvalue weighted by Gasteiger charge is -2.05. The zero-order chi connectivity index (χ0) is 17.0. The largest absolute Gasteiger partial charge is 0.457 e. The number of carbonyl (C=O) groups excluding carboxylic acids is 1. The molecule has 8 nitrogen and oxygen atoms in total. The first-order valence-corrected chi connectivity index (χ1v) is 6.60. The summed E-state index contributed by atoms with van der Waals surface area (Å²) < 4.78 is 5.00. The Kier molecular flexibility index (Phi) is 4.87. The van der Waals surface area contributed by atoms with Crippen LogP contribution in [0.5, 0.6) is 0 Å². The van der Waals surface area contributed by atoms with Gasteiger partial charge < -0.3 is 4.74 Å². The van der Waals surface area contributed by atoms with Crippen molar-refractivity contribution in [3.05, 3.63) is 78.8 Å². The monoisotopic (exact) mass is 336 g/mol. The first kappa shape index (κ1) is 16.4. The second kappa shape index (κ2) is 6.84. The number of nitrogens with zero attached hydrogens (tertiary/aromatic N) is 2. The van der Waals surface area contributed by atoms with Crippen molar-refractivity contribution in [1.82, 2.24) is 0 Å². The highest BCUT2D eigenvalue weighted by Crippen LogP contribution is 2.23. The van der Waals surface area contributed by atoms with Crippen molar-refractivity contribution in [3.8, 4) is 0 Å². The number of carbonyl (C=O) groups is 1. The summed E-state index contributed by atoms with van der Waals surface area (Å²) in [5.41, 5.74) is -0.724. The van der Waals surface area contributed by atoms with Gasteiger partial charge >= 0.3 is 5.97 Å². The summed E-state index contributed by atoms with van der Waals surface area (Å²) in [6, 6.07) is 9.15. The standard InChI is InChI=1S/C14H9ClN2O6/c15-11-3-1-9(2-4-11)8-23-14(18)10-5-12(16(19)20)7-13(6-10)17(21)22/h1-7H,8H2. The maximum Gasteiger partial charge on any atom is 0.338 e. The quantitative estimate of drug-likeness (QED) is 0.469. The minimum absolute atomic E-state index is 0.0908. The molecule has 0 aromatic heterocycles. The van der Waals surface area contributed by atoms with Crippen LogP contribution in [0.25, 0.3) is 0 Å². The lowest BCUT2D eigenvalue weighted by molar-refractivity contribution is -0.394. The molecule has 2 aromatic rings. The van der Waals surface area contributed by atoms with Crippen LogP contribution in [0.1, 0.15) is 15.9 Å². The Labute approximate surface area is 134 Å². The number of rotatable bonds is 5.